The Balaban J connectivity index is 0.000000714. The highest BCUT2D eigenvalue weighted by atomic mass is 16.4. The second kappa shape index (κ2) is 12.4. The van der Waals surface area contributed by atoms with E-state index in [-0.39, 0.29) is 5.91 Å². The van der Waals surface area contributed by atoms with Gasteiger partial charge >= 0.3 is 0 Å². The summed E-state index contributed by atoms with van der Waals surface area (Å²) in [7, 11) is 3.25. The largest absolute Gasteiger partial charge is 0.388 e. The van der Waals surface area contributed by atoms with Crippen LogP contribution >= 0.6 is 0 Å². The smallest absolute Gasteiger partial charge is 0.260 e. The van der Waals surface area contributed by atoms with E-state index in [9.17, 15) is 4.79 Å². The van der Waals surface area contributed by atoms with E-state index < -0.39 is 5.54 Å². The lowest BCUT2D eigenvalue weighted by atomic mass is 9.76. The van der Waals surface area contributed by atoms with Crippen molar-refractivity contribution in [2.75, 3.05) is 19.1 Å². The fraction of sp³-hybridized carbons (Fsp3) is 0.167. The molecule has 0 bridgehead atoms. The van der Waals surface area contributed by atoms with Crippen LogP contribution in [0, 0.1) is 0 Å². The quantitative estimate of drug-likeness (QED) is 0.394. The van der Waals surface area contributed by atoms with E-state index in [1.165, 1.54) is 0 Å². The molecule has 1 atom stereocenters. The number of ether oxygens (including phenoxy) is 1. The lowest BCUT2D eigenvalue weighted by molar-refractivity contribution is 0.0986. The summed E-state index contributed by atoms with van der Waals surface area (Å²) < 4.78 is 4.25. The van der Waals surface area contributed by atoms with Gasteiger partial charge in [-0.05, 0) is 34.9 Å². The zero-order chi connectivity index (χ0) is 24.3. The van der Waals surface area contributed by atoms with Crippen LogP contribution in [0.3, 0.4) is 0 Å². The van der Waals surface area contributed by atoms with Crippen molar-refractivity contribution in [2.45, 2.75) is 19.4 Å². The topological polar surface area (TPSA) is 29.5 Å². The number of para-hydroxylation sites is 1. The Morgan fingerprint density at radius 1 is 0.848 bits per heavy atom. The summed E-state index contributed by atoms with van der Waals surface area (Å²) in [5.41, 5.74) is 3.58. The van der Waals surface area contributed by atoms with Crippen LogP contribution in [-0.4, -0.2) is 20.1 Å². The maximum absolute atomic E-state index is 13.6. The molecule has 0 saturated carbocycles. The van der Waals surface area contributed by atoms with E-state index in [1.54, 1.807) is 20.3 Å². The van der Waals surface area contributed by atoms with Crippen molar-refractivity contribution in [2.24, 2.45) is 0 Å². The summed E-state index contributed by atoms with van der Waals surface area (Å²) in [4.78, 5) is 15.5. The summed E-state index contributed by atoms with van der Waals surface area (Å²) in [6.07, 6.45) is 5.50. The van der Waals surface area contributed by atoms with Gasteiger partial charge in [-0.15, -0.1) is 0 Å². The molecule has 0 radical (unpaired) electrons. The van der Waals surface area contributed by atoms with Gasteiger partial charge in [0, 0.05) is 25.5 Å². The molecule has 0 saturated heterocycles. The van der Waals surface area contributed by atoms with Crippen molar-refractivity contribution in [1.82, 2.24) is 0 Å². The van der Waals surface area contributed by atoms with E-state index in [1.807, 2.05) is 104 Å². The first-order chi connectivity index (χ1) is 16.2. The Morgan fingerprint density at radius 2 is 1.36 bits per heavy atom. The van der Waals surface area contributed by atoms with Gasteiger partial charge in [-0.1, -0.05) is 112 Å². The first-order valence-electron chi connectivity index (χ1n) is 11.1. The van der Waals surface area contributed by atoms with E-state index in [0.717, 1.165) is 22.4 Å². The minimum Gasteiger partial charge on any atom is -0.388 e. The third-order valence-corrected chi connectivity index (χ3v) is 5.23. The lowest BCUT2D eigenvalue weighted by Crippen LogP contribution is -2.46. The standard InChI is InChI=1S/C26H21NO.C2H6O.C2H6/c1-3-13-20(4-2)26(21-14-7-5-8-15-21)24-19-12-11-18-23(24)25(28)27(26)22-16-9-6-10-17-22;1-3-2;1-2/h3-19H,1-2H2;1-2H3;1-2H3/b20-13+;;. The Labute approximate surface area is 198 Å². The second-order valence-electron chi connectivity index (χ2n) is 7.07. The molecule has 1 aliphatic heterocycles. The molecule has 1 aliphatic rings. The van der Waals surface area contributed by atoms with Crippen LogP contribution in [0.15, 0.2) is 122 Å². The molecular weight excluding hydrogens is 406 g/mol. The molecule has 1 amide bonds. The molecule has 170 valence electrons. The van der Waals surface area contributed by atoms with Crippen LogP contribution in [0.5, 0.6) is 0 Å². The van der Waals surface area contributed by atoms with Crippen molar-refractivity contribution in [3.63, 3.8) is 0 Å². The molecule has 4 rings (SSSR count). The number of carbonyl (C=O) groups is 1. The molecule has 1 heterocycles. The van der Waals surface area contributed by atoms with Gasteiger partial charge in [0.25, 0.3) is 5.91 Å². The summed E-state index contributed by atoms with van der Waals surface area (Å²) >= 11 is 0. The van der Waals surface area contributed by atoms with Crippen LogP contribution in [0.4, 0.5) is 5.69 Å². The summed E-state index contributed by atoms with van der Waals surface area (Å²) in [6, 6.07) is 27.7. The van der Waals surface area contributed by atoms with E-state index >= 15 is 0 Å². The number of carbonyl (C=O) groups excluding carboxylic acids is 1. The molecule has 0 N–H and O–H groups in total. The van der Waals surface area contributed by atoms with Gasteiger partial charge in [-0.2, -0.15) is 0 Å². The van der Waals surface area contributed by atoms with Gasteiger partial charge in [-0.3, -0.25) is 9.69 Å². The Kier molecular flexibility index (Phi) is 9.59. The average molecular weight is 440 g/mol. The number of methoxy groups -OCH3 is 1. The fourth-order valence-electron chi connectivity index (χ4n) is 4.14. The number of fused-ring (bicyclic) bond motifs is 1. The highest BCUT2D eigenvalue weighted by Gasteiger charge is 2.53. The third-order valence-electron chi connectivity index (χ3n) is 5.23. The minimum atomic E-state index is -0.813. The number of hydrogen-bond donors (Lipinski definition) is 0. The fourth-order valence-corrected chi connectivity index (χ4v) is 4.14. The molecule has 0 aromatic heterocycles. The highest BCUT2D eigenvalue weighted by Crippen LogP contribution is 2.51. The number of rotatable bonds is 5. The van der Waals surface area contributed by atoms with Crippen molar-refractivity contribution in [3.8, 4) is 0 Å². The lowest BCUT2D eigenvalue weighted by Gasteiger charge is -2.41. The number of benzene rings is 3. The number of hydrogen-bond acceptors (Lipinski definition) is 2. The average Bonchev–Trinajstić information content (AvgIpc) is 3.14. The molecule has 1 unspecified atom stereocenters. The van der Waals surface area contributed by atoms with E-state index in [2.05, 4.69) is 30.0 Å². The predicted molar refractivity (Wildman–Crippen MR) is 140 cm³/mol. The first-order valence-corrected chi connectivity index (χ1v) is 11.1. The van der Waals surface area contributed by atoms with Gasteiger partial charge in [0.05, 0.1) is 0 Å². The molecular formula is C30H33NO2. The monoisotopic (exact) mass is 439 g/mol. The van der Waals surface area contributed by atoms with Crippen LogP contribution < -0.4 is 4.90 Å². The Hall–Kier alpha value is -3.69. The first kappa shape index (κ1) is 25.6. The summed E-state index contributed by atoms with van der Waals surface area (Å²) in [5, 5.41) is 0. The van der Waals surface area contributed by atoms with Crippen LogP contribution in [0.1, 0.15) is 35.3 Å². The number of allylic oxidation sites excluding steroid dienone is 2. The zero-order valence-electron chi connectivity index (χ0n) is 20.0. The number of amides is 1. The van der Waals surface area contributed by atoms with Gasteiger partial charge in [0.15, 0.2) is 0 Å². The van der Waals surface area contributed by atoms with Crippen molar-refractivity contribution in [1.29, 1.82) is 0 Å². The second-order valence-corrected chi connectivity index (χ2v) is 7.07. The normalized spacial score (nSPS) is 16.5. The minimum absolute atomic E-state index is 0.0255. The van der Waals surface area contributed by atoms with E-state index in [4.69, 9.17) is 0 Å². The van der Waals surface area contributed by atoms with E-state index in [0.29, 0.717) is 5.56 Å². The molecule has 3 aromatic carbocycles. The maximum atomic E-state index is 13.6. The van der Waals surface area contributed by atoms with Gasteiger partial charge < -0.3 is 4.74 Å². The molecule has 0 fully saturated rings. The Morgan fingerprint density at radius 3 is 1.91 bits per heavy atom. The SMILES string of the molecule is C=C/C=C(\C=C)C1(c2ccccc2)c2ccccc2C(=O)N1c1ccccc1.CC.COC. The number of nitrogens with zero attached hydrogens (tertiary/aromatic N) is 1. The number of anilines is 1. The summed E-state index contributed by atoms with van der Waals surface area (Å²) in [5.74, 6) is -0.0255. The molecule has 33 heavy (non-hydrogen) atoms. The highest BCUT2D eigenvalue weighted by molar-refractivity contribution is 6.14. The van der Waals surface area contributed by atoms with Crippen molar-refractivity contribution in [3.05, 3.63) is 139 Å². The zero-order valence-corrected chi connectivity index (χ0v) is 20.0. The third kappa shape index (κ3) is 4.74. The molecule has 3 nitrogen and oxygen atoms in total. The molecule has 0 aliphatic carbocycles. The van der Waals surface area contributed by atoms with Crippen molar-refractivity contribution >= 4 is 11.6 Å². The maximum Gasteiger partial charge on any atom is 0.260 e. The van der Waals surface area contributed by atoms with Gasteiger partial charge in [0.2, 0.25) is 0 Å². The molecule has 0 spiro atoms. The van der Waals surface area contributed by atoms with Crippen molar-refractivity contribution < 1.29 is 9.53 Å². The molecule has 3 aromatic rings. The van der Waals surface area contributed by atoms with Gasteiger partial charge in [0.1, 0.15) is 5.54 Å². The van der Waals surface area contributed by atoms with Crippen LogP contribution in [-0.2, 0) is 10.3 Å². The summed E-state index contributed by atoms with van der Waals surface area (Å²) in [6.45, 7) is 12.0. The van der Waals surface area contributed by atoms with Crippen LogP contribution in [0.25, 0.3) is 0 Å². The van der Waals surface area contributed by atoms with Crippen LogP contribution in [0.2, 0.25) is 0 Å². The van der Waals surface area contributed by atoms with Gasteiger partial charge in [-0.25, -0.2) is 0 Å². The predicted octanol–water partition coefficient (Wildman–Crippen LogP) is 7.18. The Bertz CT molecular complexity index is 1090. The molecule has 3 heteroatoms.